The highest BCUT2D eigenvalue weighted by atomic mass is 16.4. The van der Waals surface area contributed by atoms with Gasteiger partial charge in [0.15, 0.2) is 0 Å². The number of azide groups is 1. The van der Waals surface area contributed by atoms with Gasteiger partial charge in [0, 0.05) is 23.1 Å². The van der Waals surface area contributed by atoms with Gasteiger partial charge in [0.25, 0.3) is 0 Å². The van der Waals surface area contributed by atoms with Gasteiger partial charge in [-0.05, 0) is 30.2 Å². The molecule has 0 saturated carbocycles. The molecule has 2 aromatic rings. The minimum Gasteiger partial charge on any atom is -0.421 e. The first-order valence-electron chi connectivity index (χ1n) is 4.67. The predicted molar refractivity (Wildman–Crippen MR) is 58.0 cm³/mol. The Kier molecular flexibility index (Phi) is 2.57. The van der Waals surface area contributed by atoms with E-state index in [2.05, 4.69) is 20.2 Å². The molecule has 0 spiro atoms. The van der Waals surface area contributed by atoms with Crippen molar-refractivity contribution in [3.8, 4) is 11.5 Å². The Morgan fingerprint density at radius 2 is 2.12 bits per heavy atom. The van der Waals surface area contributed by atoms with Crippen LogP contribution in [0.4, 0.5) is 5.69 Å². The first kappa shape index (κ1) is 10.2. The molecule has 0 bridgehead atoms. The van der Waals surface area contributed by atoms with Crippen molar-refractivity contribution in [3.63, 3.8) is 0 Å². The Morgan fingerprint density at radius 3 is 2.75 bits per heavy atom. The summed E-state index contributed by atoms with van der Waals surface area (Å²) in [5.41, 5.74) is 10.6. The van der Waals surface area contributed by atoms with E-state index in [0.29, 0.717) is 17.5 Å². The van der Waals surface area contributed by atoms with Crippen LogP contribution in [-0.4, -0.2) is 10.2 Å². The van der Waals surface area contributed by atoms with Crippen molar-refractivity contribution in [1.29, 1.82) is 0 Å². The third kappa shape index (κ3) is 1.87. The lowest BCUT2D eigenvalue weighted by Crippen LogP contribution is -1.80. The van der Waals surface area contributed by atoms with Crippen LogP contribution in [-0.2, 0) is 0 Å². The van der Waals surface area contributed by atoms with Crippen LogP contribution in [0.5, 0.6) is 0 Å². The maximum Gasteiger partial charge on any atom is 0.247 e. The Hall–Kier alpha value is -2.33. The van der Waals surface area contributed by atoms with Crippen molar-refractivity contribution >= 4 is 5.69 Å². The van der Waals surface area contributed by atoms with E-state index in [1.807, 2.05) is 19.1 Å². The molecular formula is C10H9N5O. The van der Waals surface area contributed by atoms with Gasteiger partial charge in [0.05, 0.1) is 0 Å². The number of aromatic nitrogens is 2. The highest BCUT2D eigenvalue weighted by Crippen LogP contribution is 2.26. The van der Waals surface area contributed by atoms with E-state index in [4.69, 9.17) is 9.95 Å². The summed E-state index contributed by atoms with van der Waals surface area (Å²) in [5.74, 6) is 0.924. The van der Waals surface area contributed by atoms with Crippen molar-refractivity contribution in [2.75, 3.05) is 0 Å². The number of aryl methyl sites for hydroxylation is 2. The summed E-state index contributed by atoms with van der Waals surface area (Å²) < 4.78 is 5.29. The molecule has 0 N–H and O–H groups in total. The van der Waals surface area contributed by atoms with Crippen LogP contribution in [0.2, 0.25) is 0 Å². The standard InChI is InChI=1S/C10H9N5O/c1-6-3-4-8(5-9(6)13-15-11)10-14-12-7(2)16-10/h3-5H,1-2H3. The van der Waals surface area contributed by atoms with Crippen molar-refractivity contribution in [2.24, 2.45) is 5.11 Å². The van der Waals surface area contributed by atoms with Gasteiger partial charge >= 0.3 is 0 Å². The van der Waals surface area contributed by atoms with Crippen LogP contribution >= 0.6 is 0 Å². The third-order valence-corrected chi connectivity index (χ3v) is 2.13. The van der Waals surface area contributed by atoms with Crippen LogP contribution in [0.3, 0.4) is 0 Å². The Balaban J connectivity index is 2.51. The molecule has 1 heterocycles. The zero-order valence-electron chi connectivity index (χ0n) is 8.88. The molecule has 0 amide bonds. The van der Waals surface area contributed by atoms with Gasteiger partial charge in [0.2, 0.25) is 11.8 Å². The largest absolute Gasteiger partial charge is 0.421 e. The molecule has 0 aliphatic carbocycles. The van der Waals surface area contributed by atoms with Gasteiger partial charge in [0.1, 0.15) is 0 Å². The molecule has 0 aliphatic rings. The Morgan fingerprint density at radius 1 is 1.31 bits per heavy atom. The Labute approximate surface area is 91.6 Å². The highest BCUT2D eigenvalue weighted by molar-refractivity contribution is 5.61. The van der Waals surface area contributed by atoms with Gasteiger partial charge in [-0.15, -0.1) is 10.2 Å². The Bertz CT molecular complexity index is 568. The van der Waals surface area contributed by atoms with Crippen molar-refractivity contribution < 1.29 is 4.42 Å². The second-order valence-electron chi connectivity index (χ2n) is 3.32. The number of benzene rings is 1. The first-order chi connectivity index (χ1) is 7.70. The fourth-order valence-electron chi connectivity index (χ4n) is 1.31. The molecule has 0 aliphatic heterocycles. The number of hydrogen-bond donors (Lipinski definition) is 0. The van der Waals surface area contributed by atoms with Crippen molar-refractivity contribution in [3.05, 3.63) is 40.1 Å². The minimum absolute atomic E-state index is 0.423. The van der Waals surface area contributed by atoms with Crippen LogP contribution in [0, 0.1) is 13.8 Å². The summed E-state index contributed by atoms with van der Waals surface area (Å²) in [6, 6.07) is 5.42. The van der Waals surface area contributed by atoms with Gasteiger partial charge in [-0.25, -0.2) is 0 Å². The smallest absolute Gasteiger partial charge is 0.247 e. The lowest BCUT2D eigenvalue weighted by Gasteiger charge is -2.00. The lowest BCUT2D eigenvalue weighted by atomic mass is 10.1. The molecule has 16 heavy (non-hydrogen) atoms. The molecule has 1 aromatic heterocycles. The van der Waals surface area contributed by atoms with Crippen molar-refractivity contribution in [1.82, 2.24) is 10.2 Å². The number of hydrogen-bond acceptors (Lipinski definition) is 4. The summed E-state index contributed by atoms with van der Waals surface area (Å²) in [6.07, 6.45) is 0. The van der Waals surface area contributed by atoms with Gasteiger partial charge in [-0.2, -0.15) is 0 Å². The van der Waals surface area contributed by atoms with E-state index in [-0.39, 0.29) is 0 Å². The molecule has 2 rings (SSSR count). The van der Waals surface area contributed by atoms with Crippen LogP contribution in [0.15, 0.2) is 27.7 Å². The molecule has 6 nitrogen and oxygen atoms in total. The fourth-order valence-corrected chi connectivity index (χ4v) is 1.31. The lowest BCUT2D eigenvalue weighted by molar-refractivity contribution is 0.533. The molecule has 0 radical (unpaired) electrons. The average Bonchev–Trinajstić information content (AvgIpc) is 2.69. The SMILES string of the molecule is Cc1nnc(-c2ccc(C)c(N=[N+]=[N-])c2)o1. The molecule has 0 unspecified atom stereocenters. The maximum atomic E-state index is 8.42. The molecule has 0 saturated heterocycles. The molecule has 6 heteroatoms. The van der Waals surface area contributed by atoms with E-state index in [0.717, 1.165) is 11.1 Å². The van der Waals surface area contributed by atoms with Crippen LogP contribution in [0.1, 0.15) is 11.5 Å². The van der Waals surface area contributed by atoms with Gasteiger partial charge in [-0.1, -0.05) is 11.2 Å². The minimum atomic E-state index is 0.423. The molecule has 0 atom stereocenters. The van der Waals surface area contributed by atoms with Crippen molar-refractivity contribution in [2.45, 2.75) is 13.8 Å². The van der Waals surface area contributed by atoms with E-state index >= 15 is 0 Å². The number of rotatable bonds is 2. The third-order valence-electron chi connectivity index (χ3n) is 2.13. The van der Waals surface area contributed by atoms with E-state index in [1.54, 1.807) is 13.0 Å². The fraction of sp³-hybridized carbons (Fsp3) is 0.200. The summed E-state index contributed by atoms with van der Waals surface area (Å²) in [4.78, 5) is 2.77. The zero-order chi connectivity index (χ0) is 11.5. The van der Waals surface area contributed by atoms with E-state index < -0.39 is 0 Å². The second kappa shape index (κ2) is 4.04. The highest BCUT2D eigenvalue weighted by Gasteiger charge is 2.07. The van der Waals surface area contributed by atoms with E-state index in [9.17, 15) is 0 Å². The van der Waals surface area contributed by atoms with Crippen LogP contribution in [0.25, 0.3) is 21.9 Å². The zero-order valence-corrected chi connectivity index (χ0v) is 8.88. The maximum absolute atomic E-state index is 8.42. The topological polar surface area (TPSA) is 87.7 Å². The molecular weight excluding hydrogens is 206 g/mol. The summed E-state index contributed by atoms with van der Waals surface area (Å²) in [6.45, 7) is 3.59. The summed E-state index contributed by atoms with van der Waals surface area (Å²) >= 11 is 0. The normalized spacial score (nSPS) is 9.88. The van der Waals surface area contributed by atoms with Crippen LogP contribution < -0.4 is 0 Å². The molecule has 80 valence electrons. The monoisotopic (exact) mass is 215 g/mol. The summed E-state index contributed by atoms with van der Waals surface area (Å²) in [5, 5.41) is 11.2. The average molecular weight is 215 g/mol. The molecule has 0 fully saturated rings. The summed E-state index contributed by atoms with van der Waals surface area (Å²) in [7, 11) is 0. The quantitative estimate of drug-likeness (QED) is 0.437. The molecule has 1 aromatic carbocycles. The van der Waals surface area contributed by atoms with Gasteiger partial charge < -0.3 is 4.42 Å². The predicted octanol–water partition coefficient (Wildman–Crippen LogP) is 3.30. The van der Waals surface area contributed by atoms with Gasteiger partial charge in [-0.3, -0.25) is 0 Å². The first-order valence-corrected chi connectivity index (χ1v) is 4.67. The van der Waals surface area contributed by atoms with E-state index in [1.165, 1.54) is 0 Å². The second-order valence-corrected chi connectivity index (χ2v) is 3.32. The number of nitrogens with zero attached hydrogens (tertiary/aromatic N) is 5.